The molecular weight excluding hydrogens is 215 g/mol. The number of nitrogens with two attached hydrogens (primary N) is 1. The second-order valence-electron chi connectivity index (χ2n) is 4.98. The molecule has 1 aromatic rings. The molecule has 1 aromatic carbocycles. The van der Waals surface area contributed by atoms with Crippen molar-refractivity contribution in [1.82, 2.24) is 4.90 Å². The SMILES string of the molecule is CC1CCCCCN1Cc1c(N)cccc1F. The molecule has 3 heteroatoms. The van der Waals surface area contributed by atoms with E-state index >= 15 is 0 Å². The van der Waals surface area contributed by atoms with Gasteiger partial charge in [0.15, 0.2) is 0 Å². The molecule has 1 heterocycles. The van der Waals surface area contributed by atoms with Gasteiger partial charge in [0.25, 0.3) is 0 Å². The lowest BCUT2D eigenvalue weighted by molar-refractivity contribution is 0.203. The minimum atomic E-state index is -0.179. The van der Waals surface area contributed by atoms with E-state index in [0.717, 1.165) is 6.54 Å². The number of benzene rings is 1. The van der Waals surface area contributed by atoms with E-state index in [-0.39, 0.29) is 5.82 Å². The Morgan fingerprint density at radius 3 is 2.94 bits per heavy atom. The lowest BCUT2D eigenvalue weighted by atomic mass is 10.1. The standard InChI is InChI=1S/C14H21FN2/c1-11-6-3-2-4-9-17(11)10-12-13(15)7-5-8-14(12)16/h5,7-8,11H,2-4,6,9-10,16H2,1H3. The van der Waals surface area contributed by atoms with Gasteiger partial charge in [-0.05, 0) is 38.4 Å². The molecule has 1 atom stereocenters. The number of halogens is 1. The van der Waals surface area contributed by atoms with E-state index in [0.29, 0.717) is 23.8 Å². The minimum absolute atomic E-state index is 0.179. The summed E-state index contributed by atoms with van der Waals surface area (Å²) in [6.07, 6.45) is 4.98. The van der Waals surface area contributed by atoms with E-state index in [2.05, 4.69) is 11.8 Å². The highest BCUT2D eigenvalue weighted by Crippen LogP contribution is 2.23. The van der Waals surface area contributed by atoms with Gasteiger partial charge >= 0.3 is 0 Å². The van der Waals surface area contributed by atoms with Crippen LogP contribution in [0.3, 0.4) is 0 Å². The van der Waals surface area contributed by atoms with Crippen LogP contribution in [0.1, 0.15) is 38.2 Å². The van der Waals surface area contributed by atoms with Gasteiger partial charge in [0, 0.05) is 23.8 Å². The van der Waals surface area contributed by atoms with E-state index in [1.165, 1.54) is 31.7 Å². The average molecular weight is 236 g/mol. The van der Waals surface area contributed by atoms with Gasteiger partial charge < -0.3 is 5.73 Å². The minimum Gasteiger partial charge on any atom is -0.398 e. The lowest BCUT2D eigenvalue weighted by Crippen LogP contribution is -2.32. The fourth-order valence-electron chi connectivity index (χ4n) is 2.51. The summed E-state index contributed by atoms with van der Waals surface area (Å²) >= 11 is 0. The number of likely N-dealkylation sites (tertiary alicyclic amines) is 1. The molecule has 1 aliphatic heterocycles. The summed E-state index contributed by atoms with van der Waals surface area (Å²) in [6.45, 7) is 3.91. The van der Waals surface area contributed by atoms with Gasteiger partial charge in [-0.25, -0.2) is 4.39 Å². The zero-order valence-electron chi connectivity index (χ0n) is 10.5. The first-order valence-electron chi connectivity index (χ1n) is 6.45. The van der Waals surface area contributed by atoms with Crippen LogP contribution in [0.25, 0.3) is 0 Å². The van der Waals surface area contributed by atoms with Gasteiger partial charge in [-0.15, -0.1) is 0 Å². The maximum Gasteiger partial charge on any atom is 0.129 e. The predicted molar refractivity (Wildman–Crippen MR) is 69.2 cm³/mol. The molecule has 17 heavy (non-hydrogen) atoms. The molecule has 0 radical (unpaired) electrons. The van der Waals surface area contributed by atoms with Gasteiger partial charge in [0.05, 0.1) is 0 Å². The van der Waals surface area contributed by atoms with Crippen molar-refractivity contribution < 1.29 is 4.39 Å². The van der Waals surface area contributed by atoms with Crippen molar-refractivity contribution in [2.24, 2.45) is 0 Å². The second kappa shape index (κ2) is 5.50. The predicted octanol–water partition coefficient (Wildman–Crippen LogP) is 3.17. The Labute approximate surface area is 103 Å². The molecular formula is C14H21FN2. The topological polar surface area (TPSA) is 29.3 Å². The van der Waals surface area contributed by atoms with Crippen LogP contribution in [0.2, 0.25) is 0 Å². The van der Waals surface area contributed by atoms with Crippen molar-refractivity contribution in [3.05, 3.63) is 29.6 Å². The molecule has 0 spiro atoms. The van der Waals surface area contributed by atoms with Gasteiger partial charge in [-0.1, -0.05) is 18.9 Å². The number of hydrogen-bond donors (Lipinski definition) is 1. The first-order valence-corrected chi connectivity index (χ1v) is 6.45. The summed E-state index contributed by atoms with van der Waals surface area (Å²) in [7, 11) is 0. The molecule has 1 saturated heterocycles. The lowest BCUT2D eigenvalue weighted by Gasteiger charge is -2.27. The Hall–Kier alpha value is -1.09. The highest BCUT2D eigenvalue weighted by molar-refractivity contribution is 5.47. The molecule has 2 rings (SSSR count). The molecule has 2 N–H and O–H groups in total. The van der Waals surface area contributed by atoms with Gasteiger partial charge in [0.2, 0.25) is 0 Å². The van der Waals surface area contributed by atoms with Crippen molar-refractivity contribution in [3.63, 3.8) is 0 Å². The van der Waals surface area contributed by atoms with Crippen LogP contribution >= 0.6 is 0 Å². The molecule has 0 saturated carbocycles. The Kier molecular flexibility index (Phi) is 4.00. The zero-order valence-corrected chi connectivity index (χ0v) is 10.5. The first-order chi connectivity index (χ1) is 8.18. The molecule has 0 amide bonds. The molecule has 1 aliphatic rings. The number of hydrogen-bond acceptors (Lipinski definition) is 2. The Morgan fingerprint density at radius 2 is 2.18 bits per heavy atom. The van der Waals surface area contributed by atoms with Gasteiger partial charge in [-0.3, -0.25) is 4.90 Å². The van der Waals surface area contributed by atoms with Crippen molar-refractivity contribution >= 4 is 5.69 Å². The van der Waals surface area contributed by atoms with Gasteiger partial charge in [0.1, 0.15) is 5.82 Å². The van der Waals surface area contributed by atoms with E-state index in [4.69, 9.17) is 5.73 Å². The highest BCUT2D eigenvalue weighted by atomic mass is 19.1. The van der Waals surface area contributed by atoms with Crippen LogP contribution in [0.15, 0.2) is 18.2 Å². The number of anilines is 1. The third-order valence-corrected chi connectivity index (χ3v) is 3.71. The van der Waals surface area contributed by atoms with Crippen LogP contribution in [0, 0.1) is 5.82 Å². The maximum atomic E-state index is 13.7. The van der Waals surface area contributed by atoms with E-state index in [1.54, 1.807) is 12.1 Å². The van der Waals surface area contributed by atoms with E-state index < -0.39 is 0 Å². The van der Waals surface area contributed by atoms with Crippen LogP contribution < -0.4 is 5.73 Å². The molecule has 1 fully saturated rings. The smallest absolute Gasteiger partial charge is 0.129 e. The van der Waals surface area contributed by atoms with Crippen molar-refractivity contribution in [1.29, 1.82) is 0 Å². The summed E-state index contributed by atoms with van der Waals surface area (Å²) in [6, 6.07) is 5.46. The molecule has 0 aliphatic carbocycles. The van der Waals surface area contributed by atoms with E-state index in [1.807, 2.05) is 0 Å². The quantitative estimate of drug-likeness (QED) is 0.799. The third-order valence-electron chi connectivity index (χ3n) is 3.71. The summed E-state index contributed by atoms with van der Waals surface area (Å²) in [4.78, 5) is 2.35. The normalized spacial score (nSPS) is 22.4. The van der Waals surface area contributed by atoms with Crippen LogP contribution in [0.5, 0.6) is 0 Å². The number of nitrogen functional groups attached to an aromatic ring is 1. The van der Waals surface area contributed by atoms with Crippen molar-refractivity contribution in [2.75, 3.05) is 12.3 Å². The zero-order chi connectivity index (χ0) is 12.3. The molecule has 0 aromatic heterocycles. The Bertz CT molecular complexity index is 358. The third kappa shape index (κ3) is 2.97. The highest BCUT2D eigenvalue weighted by Gasteiger charge is 2.19. The second-order valence-corrected chi connectivity index (χ2v) is 4.98. The van der Waals surface area contributed by atoms with Crippen molar-refractivity contribution in [2.45, 2.75) is 45.2 Å². The maximum absolute atomic E-state index is 13.7. The number of rotatable bonds is 2. The fraction of sp³-hybridized carbons (Fsp3) is 0.571. The summed E-state index contributed by atoms with van der Waals surface area (Å²) in [5.74, 6) is -0.179. The molecule has 1 unspecified atom stereocenters. The summed E-state index contributed by atoms with van der Waals surface area (Å²) in [5, 5.41) is 0. The molecule has 0 bridgehead atoms. The van der Waals surface area contributed by atoms with Crippen LogP contribution in [-0.4, -0.2) is 17.5 Å². The van der Waals surface area contributed by atoms with Crippen LogP contribution in [0.4, 0.5) is 10.1 Å². The molecule has 94 valence electrons. The largest absolute Gasteiger partial charge is 0.398 e. The fourth-order valence-corrected chi connectivity index (χ4v) is 2.51. The monoisotopic (exact) mass is 236 g/mol. The first kappa shape index (κ1) is 12.4. The van der Waals surface area contributed by atoms with Crippen molar-refractivity contribution in [3.8, 4) is 0 Å². The Morgan fingerprint density at radius 1 is 1.35 bits per heavy atom. The number of nitrogens with zero attached hydrogens (tertiary/aromatic N) is 1. The van der Waals surface area contributed by atoms with E-state index in [9.17, 15) is 4.39 Å². The average Bonchev–Trinajstić information content (AvgIpc) is 2.49. The van der Waals surface area contributed by atoms with Gasteiger partial charge in [-0.2, -0.15) is 0 Å². The van der Waals surface area contributed by atoms with Crippen LogP contribution in [-0.2, 0) is 6.54 Å². The Balaban J connectivity index is 2.13. The molecule has 2 nitrogen and oxygen atoms in total. The summed E-state index contributed by atoms with van der Waals surface area (Å²) < 4.78 is 13.7. The summed E-state index contributed by atoms with van der Waals surface area (Å²) in [5.41, 5.74) is 7.08.